The largest absolute Gasteiger partial charge is 0.445 e. The first-order valence-electron chi connectivity index (χ1n) is 9.37. The molecule has 0 atom stereocenters. The molecule has 0 aliphatic carbocycles. The first kappa shape index (κ1) is 20.1. The van der Waals surface area contributed by atoms with Crippen LogP contribution in [0.25, 0.3) is 5.82 Å². The fourth-order valence-corrected chi connectivity index (χ4v) is 2.66. The van der Waals surface area contributed by atoms with E-state index in [1.807, 2.05) is 48.5 Å². The lowest BCUT2D eigenvalue weighted by atomic mass is 10.2. The number of ether oxygens (including phenoxy) is 1. The molecule has 0 saturated carbocycles. The summed E-state index contributed by atoms with van der Waals surface area (Å²) in [4.78, 5) is 28.1. The molecule has 29 heavy (non-hydrogen) atoms. The Hall–Kier alpha value is -3.68. The van der Waals surface area contributed by atoms with Crippen LogP contribution in [0.5, 0.6) is 0 Å². The van der Waals surface area contributed by atoms with Crippen molar-refractivity contribution < 1.29 is 14.3 Å². The Balaban J connectivity index is 1.33. The van der Waals surface area contributed by atoms with E-state index in [0.29, 0.717) is 31.7 Å². The number of amides is 2. The third kappa shape index (κ3) is 6.46. The minimum absolute atomic E-state index is 0.0975. The summed E-state index contributed by atoms with van der Waals surface area (Å²) < 4.78 is 6.78. The van der Waals surface area contributed by atoms with Gasteiger partial charge in [0.1, 0.15) is 6.61 Å². The Morgan fingerprint density at radius 1 is 1.00 bits per heavy atom. The summed E-state index contributed by atoms with van der Waals surface area (Å²) in [5, 5.41) is 9.69. The molecular formula is C21H23N5O3. The van der Waals surface area contributed by atoms with Gasteiger partial charge in [0.2, 0.25) is 5.91 Å². The number of aromatic nitrogens is 3. The zero-order valence-electron chi connectivity index (χ0n) is 16.0. The van der Waals surface area contributed by atoms with E-state index in [2.05, 4.69) is 20.7 Å². The molecule has 2 N–H and O–H groups in total. The van der Waals surface area contributed by atoms with Gasteiger partial charge in [-0.15, -0.1) is 0 Å². The van der Waals surface area contributed by atoms with Crippen LogP contribution in [0.2, 0.25) is 0 Å². The molecule has 0 fully saturated rings. The highest BCUT2D eigenvalue weighted by molar-refractivity contribution is 5.76. The minimum Gasteiger partial charge on any atom is -0.445 e. The van der Waals surface area contributed by atoms with Crippen LogP contribution in [0.1, 0.15) is 24.0 Å². The van der Waals surface area contributed by atoms with E-state index in [0.717, 1.165) is 11.1 Å². The van der Waals surface area contributed by atoms with Crippen molar-refractivity contribution in [2.45, 2.75) is 26.0 Å². The minimum atomic E-state index is -0.492. The molecule has 2 heterocycles. The monoisotopic (exact) mass is 393 g/mol. The molecule has 8 nitrogen and oxygen atoms in total. The van der Waals surface area contributed by atoms with Gasteiger partial charge in [-0.3, -0.25) is 4.79 Å². The number of hydrogen-bond acceptors (Lipinski definition) is 5. The smallest absolute Gasteiger partial charge is 0.407 e. The molecule has 2 aromatic heterocycles. The molecule has 8 heteroatoms. The maximum absolute atomic E-state index is 12.1. The zero-order chi connectivity index (χ0) is 20.3. The second-order valence-electron chi connectivity index (χ2n) is 6.31. The molecule has 3 aromatic rings. The fourth-order valence-electron chi connectivity index (χ4n) is 2.66. The molecule has 1 aromatic carbocycles. The molecule has 0 unspecified atom stereocenters. The van der Waals surface area contributed by atoms with Crippen LogP contribution < -0.4 is 10.6 Å². The van der Waals surface area contributed by atoms with Crippen LogP contribution in [0.3, 0.4) is 0 Å². The van der Waals surface area contributed by atoms with Crippen molar-refractivity contribution in [1.82, 2.24) is 25.4 Å². The van der Waals surface area contributed by atoms with Gasteiger partial charge in [-0.1, -0.05) is 36.4 Å². The summed E-state index contributed by atoms with van der Waals surface area (Å²) in [5.74, 6) is 0.584. The van der Waals surface area contributed by atoms with Crippen LogP contribution in [-0.2, 0) is 22.7 Å². The Labute approximate surface area is 168 Å². The predicted molar refractivity (Wildman–Crippen MR) is 107 cm³/mol. The average molecular weight is 393 g/mol. The van der Waals surface area contributed by atoms with E-state index in [-0.39, 0.29) is 12.5 Å². The Morgan fingerprint density at radius 3 is 2.66 bits per heavy atom. The summed E-state index contributed by atoms with van der Waals surface area (Å²) >= 11 is 0. The first-order valence-corrected chi connectivity index (χ1v) is 9.37. The van der Waals surface area contributed by atoms with Crippen molar-refractivity contribution in [2.75, 3.05) is 6.54 Å². The van der Waals surface area contributed by atoms with Gasteiger partial charge in [-0.05, 0) is 24.1 Å². The van der Waals surface area contributed by atoms with E-state index in [1.54, 1.807) is 23.3 Å². The van der Waals surface area contributed by atoms with Crippen LogP contribution in [0, 0.1) is 0 Å². The van der Waals surface area contributed by atoms with Gasteiger partial charge in [0, 0.05) is 43.7 Å². The molecule has 150 valence electrons. The molecule has 3 rings (SSSR count). The summed E-state index contributed by atoms with van der Waals surface area (Å²) in [6.45, 7) is 0.942. The molecule has 0 spiro atoms. The second kappa shape index (κ2) is 10.6. The molecule has 0 saturated heterocycles. The molecule has 0 bridgehead atoms. The van der Waals surface area contributed by atoms with Crippen molar-refractivity contribution in [2.24, 2.45) is 0 Å². The van der Waals surface area contributed by atoms with E-state index < -0.39 is 6.09 Å². The molecular weight excluding hydrogens is 370 g/mol. The highest BCUT2D eigenvalue weighted by atomic mass is 16.5. The third-order valence-electron chi connectivity index (χ3n) is 4.13. The standard InChI is InChI=1S/C21H23N5O3/c27-19(10-5-12-23-21(28)29-16-17-7-2-1-3-8-17)24-15-18-9-4-11-22-20(18)26-14-6-13-25-26/h1-4,6-9,11,13-14H,5,10,12,15-16H2,(H,23,28)(H,24,27). The lowest BCUT2D eigenvalue weighted by molar-refractivity contribution is -0.121. The lowest BCUT2D eigenvalue weighted by Gasteiger charge is -2.10. The Bertz CT molecular complexity index is 913. The van der Waals surface area contributed by atoms with Crippen molar-refractivity contribution in [3.63, 3.8) is 0 Å². The summed E-state index contributed by atoms with van der Waals surface area (Å²) in [6, 6.07) is 15.0. The Morgan fingerprint density at radius 2 is 1.86 bits per heavy atom. The molecule has 0 aliphatic heterocycles. The fraction of sp³-hybridized carbons (Fsp3) is 0.238. The van der Waals surface area contributed by atoms with Crippen molar-refractivity contribution in [3.8, 4) is 5.82 Å². The van der Waals surface area contributed by atoms with Gasteiger partial charge in [-0.2, -0.15) is 5.10 Å². The number of pyridine rings is 1. The van der Waals surface area contributed by atoms with Gasteiger partial charge in [0.05, 0.1) is 0 Å². The van der Waals surface area contributed by atoms with E-state index in [1.165, 1.54) is 0 Å². The highest BCUT2D eigenvalue weighted by Crippen LogP contribution is 2.10. The normalized spacial score (nSPS) is 10.3. The lowest BCUT2D eigenvalue weighted by Crippen LogP contribution is -2.28. The third-order valence-corrected chi connectivity index (χ3v) is 4.13. The number of rotatable bonds is 9. The van der Waals surface area contributed by atoms with Crippen molar-refractivity contribution in [1.29, 1.82) is 0 Å². The van der Waals surface area contributed by atoms with E-state index >= 15 is 0 Å². The average Bonchev–Trinajstić information content (AvgIpc) is 3.29. The number of carbonyl (C=O) groups excluding carboxylic acids is 2. The summed E-state index contributed by atoms with van der Waals surface area (Å²) in [7, 11) is 0. The number of alkyl carbamates (subject to hydrolysis) is 1. The number of hydrogen-bond donors (Lipinski definition) is 2. The topological polar surface area (TPSA) is 98.1 Å². The van der Waals surface area contributed by atoms with Crippen molar-refractivity contribution >= 4 is 12.0 Å². The van der Waals surface area contributed by atoms with Crippen LogP contribution in [0.15, 0.2) is 67.1 Å². The van der Waals surface area contributed by atoms with Crippen LogP contribution in [0.4, 0.5) is 4.79 Å². The van der Waals surface area contributed by atoms with E-state index in [4.69, 9.17) is 4.74 Å². The summed E-state index contributed by atoms with van der Waals surface area (Å²) in [5.41, 5.74) is 1.79. The number of nitrogens with one attached hydrogen (secondary N) is 2. The molecule has 2 amide bonds. The van der Waals surface area contributed by atoms with Gasteiger partial charge in [-0.25, -0.2) is 14.5 Å². The van der Waals surface area contributed by atoms with Gasteiger partial charge in [0.25, 0.3) is 0 Å². The highest BCUT2D eigenvalue weighted by Gasteiger charge is 2.08. The Kier molecular flexibility index (Phi) is 7.34. The van der Waals surface area contributed by atoms with Gasteiger partial charge < -0.3 is 15.4 Å². The quantitative estimate of drug-likeness (QED) is 0.545. The SMILES string of the molecule is O=C(CCCNC(=O)OCc1ccccc1)NCc1cccnc1-n1cccn1. The van der Waals surface area contributed by atoms with Crippen molar-refractivity contribution in [3.05, 3.63) is 78.2 Å². The number of benzene rings is 1. The number of carbonyl (C=O) groups is 2. The van der Waals surface area contributed by atoms with E-state index in [9.17, 15) is 9.59 Å². The maximum Gasteiger partial charge on any atom is 0.407 e. The van der Waals surface area contributed by atoms with Crippen LogP contribution >= 0.6 is 0 Å². The molecule has 0 radical (unpaired) electrons. The van der Waals surface area contributed by atoms with Gasteiger partial charge in [0.15, 0.2) is 5.82 Å². The predicted octanol–water partition coefficient (Wildman–Crippen LogP) is 2.59. The zero-order valence-corrected chi connectivity index (χ0v) is 16.0. The van der Waals surface area contributed by atoms with Crippen LogP contribution in [-0.4, -0.2) is 33.3 Å². The number of nitrogens with zero attached hydrogens (tertiary/aromatic N) is 3. The molecule has 0 aliphatic rings. The van der Waals surface area contributed by atoms with Gasteiger partial charge >= 0.3 is 6.09 Å². The first-order chi connectivity index (χ1) is 14.2. The maximum atomic E-state index is 12.1. The second-order valence-corrected chi connectivity index (χ2v) is 6.31. The summed E-state index contributed by atoms with van der Waals surface area (Å²) in [6.07, 6.45) is 5.49.